The van der Waals surface area contributed by atoms with Crippen LogP contribution >= 0.6 is 0 Å². The van der Waals surface area contributed by atoms with Crippen molar-refractivity contribution in [2.75, 3.05) is 55.6 Å². The molecule has 1 aromatic rings. The van der Waals surface area contributed by atoms with Crippen LogP contribution in [0.2, 0.25) is 0 Å². The molecule has 1 atom stereocenters. The molecule has 0 saturated carbocycles. The Morgan fingerprint density at radius 2 is 1.97 bits per heavy atom. The largest absolute Gasteiger partial charge is 0.442 e. The minimum absolute atomic E-state index is 0.0265. The van der Waals surface area contributed by atoms with Gasteiger partial charge in [0.15, 0.2) is 11.6 Å². The van der Waals surface area contributed by atoms with E-state index in [1.807, 2.05) is 0 Å². The fraction of sp³-hybridized carbons (Fsp3) is 0.450. The van der Waals surface area contributed by atoms with Crippen molar-refractivity contribution in [3.05, 3.63) is 36.2 Å². The molecule has 2 fully saturated rings. The standard InChI is InChI=1S/C20H26F2N8O4/c1-13(31)23-10-15-11-29(20(33)34-15)14-8-16(21)19(17(22)9-14)27-4-3-25-30(7-6-27)18(32)12-28-5-2-24-26-28/h2,5,8-9,15,24-26H,3-4,6-7,10-12H2,1H3,(H,23,31)/t15-/m0/s1. The van der Waals surface area contributed by atoms with Crippen LogP contribution in [0.5, 0.6) is 0 Å². The smallest absolute Gasteiger partial charge is 0.414 e. The van der Waals surface area contributed by atoms with E-state index in [1.165, 1.54) is 16.8 Å². The second kappa shape index (κ2) is 10.1. The maximum absolute atomic E-state index is 15.0. The number of nitrogens with zero attached hydrogens (tertiary/aromatic N) is 4. The summed E-state index contributed by atoms with van der Waals surface area (Å²) in [6.07, 6.45) is 1.95. The van der Waals surface area contributed by atoms with E-state index in [0.29, 0.717) is 6.54 Å². The van der Waals surface area contributed by atoms with Crippen LogP contribution in [0.15, 0.2) is 24.5 Å². The first-order valence-corrected chi connectivity index (χ1v) is 10.8. The summed E-state index contributed by atoms with van der Waals surface area (Å²) in [5.74, 6) is -2.14. The van der Waals surface area contributed by atoms with Gasteiger partial charge in [-0.3, -0.25) is 24.5 Å². The molecule has 3 aliphatic heterocycles. The summed E-state index contributed by atoms with van der Waals surface area (Å²) in [6.45, 7) is 2.57. The number of anilines is 2. The summed E-state index contributed by atoms with van der Waals surface area (Å²) in [6, 6.07) is 2.17. The van der Waals surface area contributed by atoms with Crippen molar-refractivity contribution >= 4 is 29.3 Å². The fourth-order valence-electron chi connectivity index (χ4n) is 3.88. The average molecular weight is 480 g/mol. The first-order chi connectivity index (χ1) is 16.3. The molecule has 2 saturated heterocycles. The van der Waals surface area contributed by atoms with E-state index in [9.17, 15) is 14.4 Å². The minimum atomic E-state index is -0.828. The zero-order chi connectivity index (χ0) is 24.2. The Bertz CT molecular complexity index is 970. The molecule has 0 unspecified atom stereocenters. The van der Waals surface area contributed by atoms with E-state index in [2.05, 4.69) is 21.7 Å². The lowest BCUT2D eigenvalue weighted by Gasteiger charge is -2.25. The first kappa shape index (κ1) is 23.5. The van der Waals surface area contributed by atoms with Crippen LogP contribution in [0.4, 0.5) is 25.0 Å². The molecule has 0 aromatic heterocycles. The average Bonchev–Trinajstić information content (AvgIpc) is 3.35. The number of carbonyl (C=O) groups is 3. The van der Waals surface area contributed by atoms with Gasteiger partial charge in [-0.1, -0.05) is 0 Å². The summed E-state index contributed by atoms with van der Waals surface area (Å²) in [5, 5.41) is 5.54. The molecule has 0 bridgehead atoms. The number of ether oxygens (including phenoxy) is 1. The molecule has 4 rings (SSSR count). The van der Waals surface area contributed by atoms with Crippen LogP contribution in [0.1, 0.15) is 6.92 Å². The topological polar surface area (TPSA) is 122 Å². The Morgan fingerprint density at radius 1 is 1.21 bits per heavy atom. The lowest BCUT2D eigenvalue weighted by molar-refractivity contribution is -0.135. The Kier molecular flexibility index (Phi) is 6.98. The third-order valence-electron chi connectivity index (χ3n) is 5.51. The molecule has 4 N–H and O–H groups in total. The number of halogens is 2. The number of carbonyl (C=O) groups excluding carboxylic acids is 3. The highest BCUT2D eigenvalue weighted by molar-refractivity contribution is 5.90. The normalized spacial score (nSPS) is 20.3. The van der Waals surface area contributed by atoms with Gasteiger partial charge in [0.25, 0.3) is 5.91 Å². The third kappa shape index (κ3) is 5.28. The van der Waals surface area contributed by atoms with Crippen molar-refractivity contribution in [3.8, 4) is 0 Å². The number of hydrazine groups is 3. The maximum Gasteiger partial charge on any atom is 0.414 e. The van der Waals surface area contributed by atoms with Gasteiger partial charge in [0.05, 0.1) is 25.3 Å². The highest BCUT2D eigenvalue weighted by atomic mass is 19.1. The molecule has 3 amide bonds. The zero-order valence-electron chi connectivity index (χ0n) is 18.5. The van der Waals surface area contributed by atoms with Crippen LogP contribution < -0.4 is 31.5 Å². The lowest BCUT2D eigenvalue weighted by Crippen LogP contribution is -2.49. The van der Waals surface area contributed by atoms with Crippen LogP contribution in [-0.4, -0.2) is 79.8 Å². The van der Waals surface area contributed by atoms with Crippen LogP contribution in [0.3, 0.4) is 0 Å². The second-order valence-electron chi connectivity index (χ2n) is 7.95. The van der Waals surface area contributed by atoms with E-state index in [4.69, 9.17) is 4.74 Å². The summed E-state index contributed by atoms with van der Waals surface area (Å²) in [5.41, 5.74) is 8.29. The minimum Gasteiger partial charge on any atom is -0.442 e. The number of amides is 3. The van der Waals surface area contributed by atoms with Gasteiger partial charge in [0.1, 0.15) is 18.3 Å². The predicted octanol–water partition coefficient (Wildman–Crippen LogP) is -0.625. The van der Waals surface area contributed by atoms with Crippen molar-refractivity contribution in [1.82, 2.24) is 31.7 Å². The monoisotopic (exact) mass is 480 g/mol. The van der Waals surface area contributed by atoms with Gasteiger partial charge >= 0.3 is 6.09 Å². The van der Waals surface area contributed by atoms with Gasteiger partial charge in [0.2, 0.25) is 5.91 Å². The first-order valence-electron chi connectivity index (χ1n) is 10.8. The van der Waals surface area contributed by atoms with Gasteiger partial charge in [-0.15, -0.1) is 5.53 Å². The van der Waals surface area contributed by atoms with E-state index >= 15 is 8.78 Å². The van der Waals surface area contributed by atoms with E-state index < -0.39 is 23.8 Å². The zero-order valence-corrected chi connectivity index (χ0v) is 18.5. The van der Waals surface area contributed by atoms with E-state index in [-0.39, 0.29) is 62.5 Å². The van der Waals surface area contributed by atoms with Gasteiger partial charge in [-0.05, 0) is 0 Å². The van der Waals surface area contributed by atoms with Crippen molar-refractivity contribution < 1.29 is 27.9 Å². The predicted molar refractivity (Wildman–Crippen MR) is 117 cm³/mol. The molecule has 0 aliphatic carbocycles. The molecule has 1 aromatic carbocycles. The van der Waals surface area contributed by atoms with Crippen LogP contribution in [-0.2, 0) is 14.3 Å². The van der Waals surface area contributed by atoms with Crippen molar-refractivity contribution in [2.45, 2.75) is 13.0 Å². The molecule has 184 valence electrons. The second-order valence-corrected chi connectivity index (χ2v) is 7.95. The van der Waals surface area contributed by atoms with Crippen molar-refractivity contribution in [1.29, 1.82) is 0 Å². The van der Waals surface area contributed by atoms with Gasteiger partial charge in [-0.25, -0.2) is 19.0 Å². The number of hydrogen-bond donors (Lipinski definition) is 4. The summed E-state index contributed by atoms with van der Waals surface area (Å²) < 4.78 is 35.2. The SMILES string of the molecule is CC(=O)NC[C@H]1CN(c2cc(F)c(N3CCNN(C(=O)CN4C=CNN4)CC3)c(F)c2)C(=O)O1. The molecule has 14 heteroatoms. The van der Waals surface area contributed by atoms with Crippen LogP contribution in [0, 0.1) is 11.6 Å². The Hall–Kier alpha value is -3.65. The van der Waals surface area contributed by atoms with Gasteiger partial charge in [-0.2, -0.15) is 0 Å². The van der Waals surface area contributed by atoms with Crippen molar-refractivity contribution in [2.24, 2.45) is 0 Å². The van der Waals surface area contributed by atoms with Crippen LogP contribution in [0.25, 0.3) is 0 Å². The van der Waals surface area contributed by atoms with Gasteiger partial charge < -0.3 is 20.4 Å². The summed E-state index contributed by atoms with van der Waals surface area (Å²) in [7, 11) is 0. The Balaban J connectivity index is 1.41. The molecule has 34 heavy (non-hydrogen) atoms. The summed E-state index contributed by atoms with van der Waals surface area (Å²) in [4.78, 5) is 38.4. The number of nitrogens with one attached hydrogen (secondary N) is 4. The molecule has 3 aliphatic rings. The highest BCUT2D eigenvalue weighted by Crippen LogP contribution is 2.31. The van der Waals surface area contributed by atoms with E-state index in [0.717, 1.165) is 17.0 Å². The molecule has 0 spiro atoms. The molecular weight excluding hydrogens is 454 g/mol. The summed E-state index contributed by atoms with van der Waals surface area (Å²) >= 11 is 0. The third-order valence-corrected chi connectivity index (χ3v) is 5.51. The molecule has 0 radical (unpaired) electrons. The number of cyclic esters (lactones) is 1. The Morgan fingerprint density at radius 3 is 2.65 bits per heavy atom. The fourth-order valence-corrected chi connectivity index (χ4v) is 3.88. The van der Waals surface area contributed by atoms with Gasteiger partial charge in [0, 0.05) is 51.1 Å². The van der Waals surface area contributed by atoms with Crippen molar-refractivity contribution in [3.63, 3.8) is 0 Å². The van der Waals surface area contributed by atoms with E-state index in [1.54, 1.807) is 17.4 Å². The molecular formula is C20H26F2N8O4. The molecule has 12 nitrogen and oxygen atoms in total. The molecule has 3 heterocycles. The number of benzene rings is 1. The highest BCUT2D eigenvalue weighted by Gasteiger charge is 2.34. The number of hydrogen-bond acceptors (Lipinski definition) is 9. The number of rotatable bonds is 6. The lowest BCUT2D eigenvalue weighted by atomic mass is 10.2. The Labute approximate surface area is 194 Å². The maximum atomic E-state index is 15.0. The quantitative estimate of drug-likeness (QED) is 0.422.